The number of ether oxygens (including phenoxy) is 1. The van der Waals surface area contributed by atoms with Crippen molar-refractivity contribution >= 4 is 28.5 Å². The van der Waals surface area contributed by atoms with Gasteiger partial charge in [-0.05, 0) is 48.0 Å². The second-order valence-electron chi connectivity index (χ2n) is 4.78. The van der Waals surface area contributed by atoms with Gasteiger partial charge in [-0.25, -0.2) is 9.78 Å². The van der Waals surface area contributed by atoms with E-state index in [2.05, 4.69) is 4.98 Å². The maximum Gasteiger partial charge on any atom is 0.335 e. The zero-order valence-electron chi connectivity index (χ0n) is 11.5. The van der Waals surface area contributed by atoms with Gasteiger partial charge in [0.1, 0.15) is 17.5 Å². The van der Waals surface area contributed by atoms with Crippen molar-refractivity contribution < 1.29 is 14.6 Å². The molecule has 0 amide bonds. The zero-order chi connectivity index (χ0) is 15.5. The van der Waals surface area contributed by atoms with E-state index in [0.29, 0.717) is 17.5 Å². The lowest BCUT2D eigenvalue weighted by Crippen LogP contribution is -2.00. The molecule has 0 saturated carbocycles. The Morgan fingerprint density at radius 2 is 2.00 bits per heavy atom. The molecule has 0 bridgehead atoms. The van der Waals surface area contributed by atoms with Crippen LogP contribution in [-0.2, 0) is 6.61 Å². The molecule has 4 nitrogen and oxygen atoms in total. The topological polar surface area (TPSA) is 59.4 Å². The minimum absolute atomic E-state index is 0.249. The third-order valence-corrected chi connectivity index (χ3v) is 3.42. The van der Waals surface area contributed by atoms with Gasteiger partial charge in [0.15, 0.2) is 0 Å². The molecule has 0 saturated heterocycles. The molecule has 3 aromatic rings. The number of benzene rings is 2. The summed E-state index contributed by atoms with van der Waals surface area (Å²) in [5.41, 5.74) is 1.85. The third kappa shape index (κ3) is 3.18. The van der Waals surface area contributed by atoms with Gasteiger partial charge in [-0.15, -0.1) is 0 Å². The molecule has 1 aromatic heterocycles. The van der Waals surface area contributed by atoms with Crippen molar-refractivity contribution in [1.29, 1.82) is 0 Å². The number of carboxylic acid groups (broad SMARTS) is 1. The van der Waals surface area contributed by atoms with Crippen LogP contribution in [0, 0.1) is 0 Å². The van der Waals surface area contributed by atoms with Crippen molar-refractivity contribution in [2.24, 2.45) is 0 Å². The van der Waals surface area contributed by atoms with Crippen molar-refractivity contribution in [3.8, 4) is 5.75 Å². The molecule has 0 atom stereocenters. The van der Waals surface area contributed by atoms with Crippen LogP contribution in [-0.4, -0.2) is 16.1 Å². The molecule has 3 rings (SSSR count). The van der Waals surface area contributed by atoms with Crippen molar-refractivity contribution in [2.75, 3.05) is 0 Å². The van der Waals surface area contributed by atoms with Crippen molar-refractivity contribution in [1.82, 2.24) is 4.98 Å². The largest absolute Gasteiger partial charge is 0.489 e. The highest BCUT2D eigenvalue weighted by atomic mass is 35.5. The number of hydrogen-bond acceptors (Lipinski definition) is 3. The summed E-state index contributed by atoms with van der Waals surface area (Å²) in [6.45, 7) is 0.299. The summed E-state index contributed by atoms with van der Waals surface area (Å²) in [5.74, 6) is -0.257. The van der Waals surface area contributed by atoms with Gasteiger partial charge in [0, 0.05) is 5.39 Å². The first-order valence-electron chi connectivity index (χ1n) is 6.63. The second kappa shape index (κ2) is 6.03. The van der Waals surface area contributed by atoms with Gasteiger partial charge < -0.3 is 9.84 Å². The maximum absolute atomic E-state index is 10.9. The van der Waals surface area contributed by atoms with E-state index in [1.54, 1.807) is 24.3 Å². The minimum Gasteiger partial charge on any atom is -0.489 e. The van der Waals surface area contributed by atoms with Gasteiger partial charge in [0.25, 0.3) is 0 Å². The molecular formula is C17H12ClNO3. The number of aromatic carboxylic acids is 1. The highest BCUT2D eigenvalue weighted by Crippen LogP contribution is 2.22. The van der Waals surface area contributed by atoms with E-state index in [1.165, 1.54) is 0 Å². The van der Waals surface area contributed by atoms with E-state index in [4.69, 9.17) is 21.4 Å². The molecule has 22 heavy (non-hydrogen) atoms. The Balaban J connectivity index is 1.77. The molecular weight excluding hydrogens is 302 g/mol. The fourth-order valence-electron chi connectivity index (χ4n) is 2.13. The molecule has 0 aliphatic rings. The molecule has 110 valence electrons. The summed E-state index contributed by atoms with van der Waals surface area (Å²) < 4.78 is 5.71. The number of nitrogens with zero attached hydrogens (tertiary/aromatic N) is 1. The predicted octanol–water partition coefficient (Wildman–Crippen LogP) is 4.17. The molecule has 0 aliphatic heterocycles. The number of carbonyl (C=O) groups is 1. The smallest absolute Gasteiger partial charge is 0.335 e. The molecule has 0 radical (unpaired) electrons. The van der Waals surface area contributed by atoms with Crippen molar-refractivity contribution in [3.63, 3.8) is 0 Å². The number of hydrogen-bond donors (Lipinski definition) is 1. The lowest BCUT2D eigenvalue weighted by molar-refractivity contribution is 0.0696. The fraction of sp³-hybridized carbons (Fsp3) is 0.0588. The predicted molar refractivity (Wildman–Crippen MR) is 84.5 cm³/mol. The quantitative estimate of drug-likeness (QED) is 0.735. The van der Waals surface area contributed by atoms with Crippen LogP contribution in [0.5, 0.6) is 5.75 Å². The molecule has 0 aliphatic carbocycles. The summed E-state index contributed by atoms with van der Waals surface area (Å²) in [7, 11) is 0. The molecule has 2 aromatic carbocycles. The van der Waals surface area contributed by atoms with Gasteiger partial charge in [-0.2, -0.15) is 0 Å². The molecule has 0 unspecified atom stereocenters. The fourth-order valence-corrected chi connectivity index (χ4v) is 2.28. The Morgan fingerprint density at radius 1 is 1.14 bits per heavy atom. The van der Waals surface area contributed by atoms with Crippen LogP contribution in [0.3, 0.4) is 0 Å². The Morgan fingerprint density at radius 3 is 2.82 bits per heavy atom. The number of fused-ring (bicyclic) bond motifs is 1. The van der Waals surface area contributed by atoms with E-state index in [-0.39, 0.29) is 5.56 Å². The van der Waals surface area contributed by atoms with Crippen molar-refractivity contribution in [2.45, 2.75) is 6.61 Å². The zero-order valence-corrected chi connectivity index (χ0v) is 12.2. The first-order valence-corrected chi connectivity index (χ1v) is 7.01. The van der Waals surface area contributed by atoms with Crippen LogP contribution in [0.2, 0.25) is 5.15 Å². The van der Waals surface area contributed by atoms with Crippen molar-refractivity contribution in [3.05, 3.63) is 70.9 Å². The summed E-state index contributed by atoms with van der Waals surface area (Å²) in [4.78, 5) is 15.2. The van der Waals surface area contributed by atoms with E-state index < -0.39 is 5.97 Å². The van der Waals surface area contributed by atoms with Crippen LogP contribution < -0.4 is 4.74 Å². The summed E-state index contributed by atoms with van der Waals surface area (Å²) >= 11 is 5.85. The van der Waals surface area contributed by atoms with Gasteiger partial charge in [-0.3, -0.25) is 0 Å². The number of aromatic nitrogens is 1. The monoisotopic (exact) mass is 313 g/mol. The molecule has 1 heterocycles. The lowest BCUT2D eigenvalue weighted by Gasteiger charge is -2.08. The number of carboxylic acids is 1. The lowest BCUT2D eigenvalue weighted by atomic mass is 10.1. The van der Waals surface area contributed by atoms with Gasteiger partial charge in [-0.1, -0.05) is 23.7 Å². The Labute approximate surface area is 131 Å². The summed E-state index contributed by atoms with van der Waals surface area (Å²) in [6.07, 6.45) is 0. The van der Waals surface area contributed by atoms with E-state index in [9.17, 15) is 4.79 Å². The number of halogens is 1. The van der Waals surface area contributed by atoms with E-state index >= 15 is 0 Å². The number of rotatable bonds is 4. The SMILES string of the molecule is O=C(O)c1cccc(COc2ccc3nc(Cl)ccc3c2)c1. The first kappa shape index (κ1) is 14.4. The van der Waals surface area contributed by atoms with Crippen LogP contribution >= 0.6 is 11.6 Å². The molecule has 0 fully saturated rings. The average molecular weight is 314 g/mol. The molecule has 0 spiro atoms. The Hall–Kier alpha value is -2.59. The van der Waals surface area contributed by atoms with Crippen LogP contribution in [0.15, 0.2) is 54.6 Å². The second-order valence-corrected chi connectivity index (χ2v) is 5.17. The maximum atomic E-state index is 10.9. The van der Waals surface area contributed by atoms with Crippen LogP contribution in [0.25, 0.3) is 10.9 Å². The first-order chi connectivity index (χ1) is 10.6. The third-order valence-electron chi connectivity index (χ3n) is 3.21. The van der Waals surface area contributed by atoms with Gasteiger partial charge in [0.05, 0.1) is 11.1 Å². The van der Waals surface area contributed by atoms with Gasteiger partial charge in [0.2, 0.25) is 0 Å². The Bertz CT molecular complexity index is 848. The summed E-state index contributed by atoms with van der Waals surface area (Å²) in [5, 5.41) is 10.4. The normalized spacial score (nSPS) is 10.6. The van der Waals surface area contributed by atoms with E-state index in [1.807, 2.05) is 30.3 Å². The minimum atomic E-state index is -0.949. The standard InChI is InChI=1S/C17H12ClNO3/c18-16-7-4-12-9-14(5-6-15(12)19-16)22-10-11-2-1-3-13(8-11)17(20)21/h1-9H,10H2,(H,20,21). The van der Waals surface area contributed by atoms with Gasteiger partial charge >= 0.3 is 5.97 Å². The van der Waals surface area contributed by atoms with E-state index in [0.717, 1.165) is 16.5 Å². The van der Waals surface area contributed by atoms with Crippen LogP contribution in [0.1, 0.15) is 15.9 Å². The number of pyridine rings is 1. The molecule has 5 heteroatoms. The average Bonchev–Trinajstić information content (AvgIpc) is 2.53. The summed E-state index contributed by atoms with van der Waals surface area (Å²) in [6, 6.07) is 15.8. The van der Waals surface area contributed by atoms with Crippen LogP contribution in [0.4, 0.5) is 0 Å². The Kier molecular flexibility index (Phi) is 3.94. The highest BCUT2D eigenvalue weighted by Gasteiger charge is 2.04. The highest BCUT2D eigenvalue weighted by molar-refractivity contribution is 6.29. The molecule has 1 N–H and O–H groups in total.